The zero-order chi connectivity index (χ0) is 22.6. The Kier molecular flexibility index (Phi) is 4.21. The molecule has 6 rings (SSSR count). The summed E-state index contributed by atoms with van der Waals surface area (Å²) in [5, 5.41) is 0. The molecule has 1 atom stereocenters. The van der Waals surface area contributed by atoms with Gasteiger partial charge in [0.2, 0.25) is 5.91 Å². The molecule has 0 radical (unpaired) electrons. The van der Waals surface area contributed by atoms with E-state index in [0.29, 0.717) is 11.3 Å². The fourth-order valence-corrected chi connectivity index (χ4v) is 5.43. The van der Waals surface area contributed by atoms with E-state index in [1.807, 2.05) is 109 Å². The van der Waals surface area contributed by atoms with Crippen molar-refractivity contribution in [3.05, 3.63) is 137 Å². The zero-order valence-electron chi connectivity index (χ0n) is 18.2. The number of anilines is 1. The summed E-state index contributed by atoms with van der Waals surface area (Å²) in [7, 11) is 1.76. The number of amides is 1. The number of rotatable bonds is 2. The number of carbonyl (C=O) groups excluding carboxylic acids is 2. The lowest BCUT2D eigenvalue weighted by Gasteiger charge is -2.40. The maximum Gasteiger partial charge on any atom is 0.249 e. The van der Waals surface area contributed by atoms with E-state index < -0.39 is 5.41 Å². The standard InChI is InChI=1S/C30H21NO2/c1-31-25-19-11-9-17-23(25)28(32)30(29(31)33)24-18-10-8-16-22(24)26(20-12-4-2-5-13-20)27(30)21-14-6-3-7-15-21/h2-19H,1H3. The molecule has 1 aliphatic carbocycles. The van der Waals surface area contributed by atoms with Crippen molar-refractivity contribution in [2.75, 3.05) is 11.9 Å². The highest BCUT2D eigenvalue weighted by Crippen LogP contribution is 2.57. The van der Waals surface area contributed by atoms with Crippen LogP contribution < -0.4 is 4.90 Å². The quantitative estimate of drug-likeness (QED) is 0.382. The Morgan fingerprint density at radius 2 is 1.15 bits per heavy atom. The van der Waals surface area contributed by atoms with E-state index in [4.69, 9.17) is 0 Å². The molecule has 3 nitrogen and oxygen atoms in total. The molecule has 3 heteroatoms. The number of fused-ring (bicyclic) bond motifs is 3. The minimum Gasteiger partial charge on any atom is -0.313 e. The number of ketones is 1. The van der Waals surface area contributed by atoms with E-state index in [1.165, 1.54) is 0 Å². The van der Waals surface area contributed by atoms with Crippen LogP contribution in [0.25, 0.3) is 11.1 Å². The maximum absolute atomic E-state index is 14.4. The van der Waals surface area contributed by atoms with Crippen LogP contribution in [0.5, 0.6) is 0 Å². The fraction of sp³-hybridized carbons (Fsp3) is 0.0667. The molecule has 158 valence electrons. The van der Waals surface area contributed by atoms with Crippen molar-refractivity contribution in [1.29, 1.82) is 0 Å². The number of benzene rings is 4. The summed E-state index contributed by atoms with van der Waals surface area (Å²) in [5.41, 5.74) is 5.01. The molecule has 1 unspecified atom stereocenters. The van der Waals surface area contributed by atoms with Crippen LogP contribution in [0.3, 0.4) is 0 Å². The largest absolute Gasteiger partial charge is 0.313 e. The summed E-state index contributed by atoms with van der Waals surface area (Å²) in [5.74, 6) is -0.387. The molecule has 1 spiro atoms. The molecule has 2 aliphatic rings. The van der Waals surface area contributed by atoms with E-state index in [2.05, 4.69) is 0 Å². The molecule has 4 aromatic rings. The van der Waals surface area contributed by atoms with E-state index >= 15 is 0 Å². The van der Waals surface area contributed by atoms with Gasteiger partial charge in [0.05, 0.1) is 5.69 Å². The van der Waals surface area contributed by atoms with Crippen LogP contribution in [-0.4, -0.2) is 18.7 Å². The molecule has 0 saturated carbocycles. The smallest absolute Gasteiger partial charge is 0.249 e. The van der Waals surface area contributed by atoms with Crippen LogP contribution in [0.2, 0.25) is 0 Å². The van der Waals surface area contributed by atoms with Gasteiger partial charge in [-0.3, -0.25) is 9.59 Å². The Morgan fingerprint density at radius 3 is 1.85 bits per heavy atom. The third kappa shape index (κ3) is 2.50. The molecule has 33 heavy (non-hydrogen) atoms. The normalized spacial score (nSPS) is 19.1. The molecule has 1 heterocycles. The maximum atomic E-state index is 14.4. The van der Waals surface area contributed by atoms with Gasteiger partial charge >= 0.3 is 0 Å². The number of likely N-dealkylation sites (N-methyl/N-ethyl adjacent to an activating group) is 1. The Balaban J connectivity index is 1.80. The van der Waals surface area contributed by atoms with Crippen molar-refractivity contribution in [2.45, 2.75) is 5.41 Å². The first kappa shape index (κ1) is 19.4. The average Bonchev–Trinajstić information content (AvgIpc) is 3.19. The SMILES string of the molecule is CN1C(=O)C2(C(=O)c3ccccc31)C(c1ccccc1)=C(c1ccccc1)c1ccccc12. The van der Waals surface area contributed by atoms with Crippen LogP contribution in [0.4, 0.5) is 5.69 Å². The lowest BCUT2D eigenvalue weighted by Crippen LogP contribution is -2.54. The van der Waals surface area contributed by atoms with Gasteiger partial charge in [-0.15, -0.1) is 0 Å². The van der Waals surface area contributed by atoms with Crippen molar-refractivity contribution in [3.8, 4) is 0 Å². The Morgan fingerprint density at radius 1 is 0.606 bits per heavy atom. The zero-order valence-corrected chi connectivity index (χ0v) is 18.2. The molecule has 0 bridgehead atoms. The summed E-state index contributed by atoms with van der Waals surface area (Å²) < 4.78 is 0. The van der Waals surface area contributed by atoms with E-state index in [1.54, 1.807) is 11.9 Å². The molecule has 0 N–H and O–H groups in total. The summed E-state index contributed by atoms with van der Waals surface area (Å²) in [4.78, 5) is 30.4. The molecule has 4 aromatic carbocycles. The number of hydrogen-bond donors (Lipinski definition) is 0. The molecular formula is C30H21NO2. The molecule has 1 amide bonds. The first-order valence-electron chi connectivity index (χ1n) is 11.0. The fourth-order valence-electron chi connectivity index (χ4n) is 5.43. The monoisotopic (exact) mass is 427 g/mol. The number of hydrogen-bond acceptors (Lipinski definition) is 2. The second kappa shape index (κ2) is 7.14. The highest BCUT2D eigenvalue weighted by molar-refractivity contribution is 6.39. The molecule has 0 fully saturated rings. The first-order chi connectivity index (χ1) is 16.2. The van der Waals surface area contributed by atoms with Gasteiger partial charge in [-0.25, -0.2) is 0 Å². The summed E-state index contributed by atoms with van der Waals surface area (Å²) in [6.07, 6.45) is 0. The van der Waals surface area contributed by atoms with Crippen molar-refractivity contribution in [3.63, 3.8) is 0 Å². The summed E-state index contributed by atoms with van der Waals surface area (Å²) in [6, 6.07) is 35.1. The average molecular weight is 428 g/mol. The lowest BCUT2D eigenvalue weighted by atomic mass is 9.66. The van der Waals surface area contributed by atoms with Gasteiger partial charge in [0.15, 0.2) is 11.2 Å². The summed E-state index contributed by atoms with van der Waals surface area (Å²) in [6.45, 7) is 0. The lowest BCUT2D eigenvalue weighted by molar-refractivity contribution is -0.120. The number of para-hydroxylation sites is 1. The Bertz CT molecular complexity index is 1450. The van der Waals surface area contributed by atoms with Gasteiger partial charge in [0, 0.05) is 12.6 Å². The third-order valence-corrected chi connectivity index (χ3v) is 6.83. The predicted molar refractivity (Wildman–Crippen MR) is 131 cm³/mol. The molecule has 0 aromatic heterocycles. The number of carbonyl (C=O) groups is 2. The first-order valence-corrected chi connectivity index (χ1v) is 11.0. The van der Waals surface area contributed by atoms with E-state index in [9.17, 15) is 9.59 Å². The number of Topliss-reactive ketones (excluding diaryl/α,β-unsaturated/α-hetero) is 1. The highest BCUT2D eigenvalue weighted by atomic mass is 16.2. The van der Waals surface area contributed by atoms with E-state index in [0.717, 1.165) is 33.4 Å². The molecular weight excluding hydrogens is 406 g/mol. The Hall–Kier alpha value is -4.24. The van der Waals surface area contributed by atoms with Crippen molar-refractivity contribution < 1.29 is 9.59 Å². The predicted octanol–water partition coefficient (Wildman–Crippen LogP) is 5.76. The van der Waals surface area contributed by atoms with Crippen molar-refractivity contribution >= 4 is 28.5 Å². The summed E-state index contributed by atoms with van der Waals surface area (Å²) >= 11 is 0. The molecule has 0 saturated heterocycles. The van der Waals surface area contributed by atoms with Crippen LogP contribution in [0.15, 0.2) is 109 Å². The topological polar surface area (TPSA) is 37.4 Å². The highest BCUT2D eigenvalue weighted by Gasteiger charge is 2.60. The van der Waals surface area contributed by atoms with Gasteiger partial charge in [0.1, 0.15) is 0 Å². The third-order valence-electron chi connectivity index (χ3n) is 6.83. The van der Waals surface area contributed by atoms with Crippen LogP contribution >= 0.6 is 0 Å². The minimum absolute atomic E-state index is 0.168. The molecule has 1 aliphatic heterocycles. The van der Waals surface area contributed by atoms with Crippen molar-refractivity contribution in [2.24, 2.45) is 0 Å². The van der Waals surface area contributed by atoms with Gasteiger partial charge in [-0.05, 0) is 45.5 Å². The second-order valence-corrected chi connectivity index (χ2v) is 8.49. The Labute approximate surface area is 192 Å². The van der Waals surface area contributed by atoms with Gasteiger partial charge in [0.25, 0.3) is 0 Å². The van der Waals surface area contributed by atoms with Gasteiger partial charge < -0.3 is 4.90 Å². The number of nitrogens with zero attached hydrogens (tertiary/aromatic N) is 1. The van der Waals surface area contributed by atoms with Crippen LogP contribution in [-0.2, 0) is 10.2 Å². The second-order valence-electron chi connectivity index (χ2n) is 8.49. The van der Waals surface area contributed by atoms with Gasteiger partial charge in [-0.1, -0.05) is 97.1 Å². The van der Waals surface area contributed by atoms with Crippen LogP contribution in [0, 0.1) is 0 Å². The van der Waals surface area contributed by atoms with Gasteiger partial charge in [-0.2, -0.15) is 0 Å². The van der Waals surface area contributed by atoms with Crippen molar-refractivity contribution in [1.82, 2.24) is 0 Å². The van der Waals surface area contributed by atoms with E-state index in [-0.39, 0.29) is 11.7 Å². The van der Waals surface area contributed by atoms with Crippen LogP contribution in [0.1, 0.15) is 32.6 Å². The minimum atomic E-state index is -1.44.